The fourth-order valence-corrected chi connectivity index (χ4v) is 2.70. The second kappa shape index (κ2) is 7.03. The Kier molecular flexibility index (Phi) is 5.26. The van der Waals surface area contributed by atoms with Crippen LogP contribution in [0.5, 0.6) is 0 Å². The number of anilines is 1. The molecule has 4 amide bonds. The molecule has 0 aliphatic carbocycles. The van der Waals surface area contributed by atoms with Gasteiger partial charge in [-0.3, -0.25) is 14.5 Å². The lowest BCUT2D eigenvalue weighted by atomic mass is 9.92. The van der Waals surface area contributed by atoms with Crippen LogP contribution in [0.3, 0.4) is 0 Å². The van der Waals surface area contributed by atoms with Crippen molar-refractivity contribution in [2.45, 2.75) is 46.1 Å². The zero-order chi connectivity index (χ0) is 17.9. The third-order valence-corrected chi connectivity index (χ3v) is 4.17. The third kappa shape index (κ3) is 4.13. The molecule has 0 unspecified atom stereocenters. The van der Waals surface area contributed by atoms with Crippen LogP contribution in [0.1, 0.15) is 39.2 Å². The first-order valence-corrected chi connectivity index (χ1v) is 8.22. The number of hydrogen-bond donors (Lipinski definition) is 2. The van der Waals surface area contributed by atoms with E-state index in [1.807, 2.05) is 25.1 Å². The molecular formula is C18H25N3O3. The highest BCUT2D eigenvalue weighted by atomic mass is 16.2. The second-order valence-corrected chi connectivity index (χ2v) is 7.00. The SMILES string of the molecule is Cc1cccc(NC(=O)CN2C(=O)N[C@](C)(CCC(C)C)C2=O)c1. The molecule has 6 nitrogen and oxygen atoms in total. The summed E-state index contributed by atoms with van der Waals surface area (Å²) in [6, 6.07) is 6.85. The van der Waals surface area contributed by atoms with E-state index in [1.165, 1.54) is 0 Å². The predicted molar refractivity (Wildman–Crippen MR) is 92.5 cm³/mol. The van der Waals surface area contributed by atoms with E-state index in [0.717, 1.165) is 16.9 Å². The molecular weight excluding hydrogens is 306 g/mol. The number of nitrogens with zero attached hydrogens (tertiary/aromatic N) is 1. The van der Waals surface area contributed by atoms with E-state index in [2.05, 4.69) is 24.5 Å². The second-order valence-electron chi connectivity index (χ2n) is 7.00. The number of aryl methyl sites for hydroxylation is 1. The average molecular weight is 331 g/mol. The molecule has 24 heavy (non-hydrogen) atoms. The number of urea groups is 1. The number of amides is 4. The molecule has 0 radical (unpaired) electrons. The first kappa shape index (κ1) is 18.0. The molecule has 0 spiro atoms. The lowest BCUT2D eigenvalue weighted by Gasteiger charge is -2.22. The minimum atomic E-state index is -0.926. The van der Waals surface area contributed by atoms with Gasteiger partial charge in [-0.1, -0.05) is 26.0 Å². The molecule has 1 aromatic carbocycles. The molecule has 2 N–H and O–H groups in total. The summed E-state index contributed by atoms with van der Waals surface area (Å²) in [5.41, 5.74) is 0.740. The summed E-state index contributed by atoms with van der Waals surface area (Å²) in [7, 11) is 0. The number of nitrogens with one attached hydrogen (secondary N) is 2. The molecule has 0 aromatic heterocycles. The summed E-state index contributed by atoms with van der Waals surface area (Å²) in [6.07, 6.45) is 1.39. The molecule has 1 heterocycles. The van der Waals surface area contributed by atoms with Crippen LogP contribution < -0.4 is 10.6 Å². The fourth-order valence-electron chi connectivity index (χ4n) is 2.70. The monoisotopic (exact) mass is 331 g/mol. The Hall–Kier alpha value is -2.37. The van der Waals surface area contributed by atoms with Crippen LogP contribution in [0.2, 0.25) is 0 Å². The van der Waals surface area contributed by atoms with Gasteiger partial charge in [0.05, 0.1) is 0 Å². The highest BCUT2D eigenvalue weighted by Crippen LogP contribution is 2.24. The number of carbonyl (C=O) groups excluding carboxylic acids is 3. The number of benzene rings is 1. The van der Waals surface area contributed by atoms with E-state index in [9.17, 15) is 14.4 Å². The molecule has 1 aliphatic heterocycles. The van der Waals surface area contributed by atoms with Crippen LogP contribution in [0.25, 0.3) is 0 Å². The molecule has 2 rings (SSSR count). The van der Waals surface area contributed by atoms with Crippen molar-refractivity contribution in [3.63, 3.8) is 0 Å². The standard InChI is InChI=1S/C18H25N3O3/c1-12(2)8-9-18(4)16(23)21(17(24)20-18)11-15(22)19-14-7-5-6-13(3)10-14/h5-7,10,12H,8-9,11H2,1-4H3,(H,19,22)(H,20,24)/t18-/m1/s1. The summed E-state index contributed by atoms with van der Waals surface area (Å²) in [5, 5.41) is 5.44. The third-order valence-electron chi connectivity index (χ3n) is 4.17. The van der Waals surface area contributed by atoms with Crippen molar-refractivity contribution in [1.82, 2.24) is 10.2 Å². The number of imide groups is 1. The van der Waals surface area contributed by atoms with Crippen molar-refractivity contribution in [2.24, 2.45) is 5.92 Å². The number of carbonyl (C=O) groups is 3. The van der Waals surface area contributed by atoms with E-state index in [-0.39, 0.29) is 12.5 Å². The van der Waals surface area contributed by atoms with Crippen LogP contribution >= 0.6 is 0 Å². The van der Waals surface area contributed by atoms with Crippen LogP contribution in [0.4, 0.5) is 10.5 Å². The molecule has 1 aliphatic rings. The van der Waals surface area contributed by atoms with Crippen LogP contribution in [-0.4, -0.2) is 34.8 Å². The van der Waals surface area contributed by atoms with E-state index in [1.54, 1.807) is 13.0 Å². The summed E-state index contributed by atoms with van der Waals surface area (Å²) in [6.45, 7) is 7.49. The van der Waals surface area contributed by atoms with Gasteiger partial charge in [-0.05, 0) is 50.3 Å². The Morgan fingerprint density at radius 2 is 2.04 bits per heavy atom. The molecule has 1 aromatic rings. The summed E-state index contributed by atoms with van der Waals surface area (Å²) < 4.78 is 0. The normalized spacial score (nSPS) is 20.5. The van der Waals surface area contributed by atoms with Gasteiger partial charge in [0.15, 0.2) is 0 Å². The first-order chi connectivity index (χ1) is 11.2. The largest absolute Gasteiger partial charge is 0.325 e. The van der Waals surface area contributed by atoms with Crippen LogP contribution in [-0.2, 0) is 9.59 Å². The Balaban J connectivity index is 2.00. The van der Waals surface area contributed by atoms with Crippen molar-refractivity contribution < 1.29 is 14.4 Å². The zero-order valence-corrected chi connectivity index (χ0v) is 14.7. The Labute approximate surface area is 142 Å². The minimum absolute atomic E-state index is 0.282. The lowest BCUT2D eigenvalue weighted by Crippen LogP contribution is -2.44. The van der Waals surface area contributed by atoms with Crippen molar-refractivity contribution in [3.05, 3.63) is 29.8 Å². The topological polar surface area (TPSA) is 78.5 Å². The highest BCUT2D eigenvalue weighted by Gasteiger charge is 2.47. The molecule has 130 valence electrons. The van der Waals surface area contributed by atoms with Crippen LogP contribution in [0.15, 0.2) is 24.3 Å². The van der Waals surface area contributed by atoms with E-state index in [0.29, 0.717) is 18.0 Å². The van der Waals surface area contributed by atoms with Gasteiger partial charge in [0.1, 0.15) is 12.1 Å². The average Bonchev–Trinajstić information content (AvgIpc) is 2.69. The van der Waals surface area contributed by atoms with Gasteiger partial charge in [0, 0.05) is 5.69 Å². The minimum Gasteiger partial charge on any atom is -0.325 e. The van der Waals surface area contributed by atoms with Gasteiger partial charge in [0.2, 0.25) is 5.91 Å². The first-order valence-electron chi connectivity index (χ1n) is 8.22. The van der Waals surface area contributed by atoms with Gasteiger partial charge in [-0.25, -0.2) is 4.79 Å². The van der Waals surface area contributed by atoms with Crippen molar-refractivity contribution in [1.29, 1.82) is 0 Å². The Morgan fingerprint density at radius 3 is 2.67 bits per heavy atom. The molecule has 1 atom stereocenters. The van der Waals surface area contributed by atoms with Crippen molar-refractivity contribution in [2.75, 3.05) is 11.9 Å². The Morgan fingerprint density at radius 1 is 1.33 bits per heavy atom. The predicted octanol–water partition coefficient (Wildman–Crippen LogP) is 2.68. The van der Waals surface area contributed by atoms with E-state index >= 15 is 0 Å². The zero-order valence-electron chi connectivity index (χ0n) is 14.7. The van der Waals surface area contributed by atoms with E-state index in [4.69, 9.17) is 0 Å². The quantitative estimate of drug-likeness (QED) is 0.787. The molecule has 1 fully saturated rings. The molecule has 1 saturated heterocycles. The summed E-state index contributed by atoms with van der Waals surface area (Å²) in [4.78, 5) is 37.8. The molecule has 0 bridgehead atoms. The summed E-state index contributed by atoms with van der Waals surface area (Å²) in [5.74, 6) is -0.296. The maximum atomic E-state index is 12.6. The van der Waals surface area contributed by atoms with E-state index < -0.39 is 17.5 Å². The molecule has 0 saturated carbocycles. The fraction of sp³-hybridized carbons (Fsp3) is 0.500. The van der Waals surface area contributed by atoms with Gasteiger partial charge < -0.3 is 10.6 Å². The number of rotatable bonds is 6. The van der Waals surface area contributed by atoms with Gasteiger partial charge in [-0.2, -0.15) is 0 Å². The van der Waals surface area contributed by atoms with Gasteiger partial charge in [-0.15, -0.1) is 0 Å². The lowest BCUT2D eigenvalue weighted by molar-refractivity contribution is -0.133. The van der Waals surface area contributed by atoms with Crippen molar-refractivity contribution in [3.8, 4) is 0 Å². The van der Waals surface area contributed by atoms with Crippen molar-refractivity contribution >= 4 is 23.5 Å². The van der Waals surface area contributed by atoms with Crippen LogP contribution in [0, 0.1) is 12.8 Å². The van der Waals surface area contributed by atoms with Gasteiger partial charge >= 0.3 is 6.03 Å². The molecule has 6 heteroatoms. The smallest absolute Gasteiger partial charge is 0.325 e. The number of hydrogen-bond acceptors (Lipinski definition) is 3. The maximum absolute atomic E-state index is 12.6. The highest BCUT2D eigenvalue weighted by molar-refractivity contribution is 6.09. The Bertz CT molecular complexity index is 657. The maximum Gasteiger partial charge on any atom is 0.325 e. The summed E-state index contributed by atoms with van der Waals surface area (Å²) >= 11 is 0. The van der Waals surface area contributed by atoms with Gasteiger partial charge in [0.25, 0.3) is 5.91 Å².